The van der Waals surface area contributed by atoms with Gasteiger partial charge in [0.1, 0.15) is 5.75 Å². The van der Waals surface area contributed by atoms with Gasteiger partial charge in [-0.2, -0.15) is 0 Å². The molecule has 0 aliphatic rings. The number of carboxylic acids is 1. The highest BCUT2D eigenvalue weighted by Crippen LogP contribution is 2.12. The zero-order valence-corrected chi connectivity index (χ0v) is 12.2. The molecule has 1 amide bonds. The minimum absolute atomic E-state index is 0.202. The summed E-state index contributed by atoms with van der Waals surface area (Å²) in [5.41, 5.74) is 1.46. The van der Waals surface area contributed by atoms with Crippen LogP contribution in [-0.2, 0) is 6.54 Å². The highest BCUT2D eigenvalue weighted by molar-refractivity contribution is 5.94. The third-order valence-corrected chi connectivity index (χ3v) is 3.05. The van der Waals surface area contributed by atoms with Gasteiger partial charge in [0.05, 0.1) is 12.2 Å². The number of amides is 1. The molecule has 0 fully saturated rings. The first-order valence-corrected chi connectivity index (χ1v) is 6.93. The predicted molar refractivity (Wildman–Crippen MR) is 82.2 cm³/mol. The Balaban J connectivity index is 1.97. The lowest BCUT2D eigenvalue weighted by molar-refractivity contribution is 0.0696. The zero-order chi connectivity index (χ0) is 15.9. The lowest BCUT2D eigenvalue weighted by atomic mass is 10.1. The van der Waals surface area contributed by atoms with Gasteiger partial charge in [-0.15, -0.1) is 0 Å². The maximum absolute atomic E-state index is 12.0. The Bertz CT molecular complexity index is 665. The van der Waals surface area contributed by atoms with Crippen LogP contribution in [0.4, 0.5) is 0 Å². The van der Waals surface area contributed by atoms with Crippen LogP contribution in [0.25, 0.3) is 0 Å². The number of rotatable bonds is 6. The van der Waals surface area contributed by atoms with Gasteiger partial charge in [-0.3, -0.25) is 4.79 Å². The lowest BCUT2D eigenvalue weighted by Gasteiger charge is -2.07. The molecule has 2 aromatic rings. The molecule has 0 radical (unpaired) electrons. The van der Waals surface area contributed by atoms with E-state index in [0.29, 0.717) is 17.9 Å². The Labute approximate surface area is 128 Å². The molecular formula is C17H17NO4. The number of nitrogens with one attached hydrogen (secondary N) is 1. The van der Waals surface area contributed by atoms with Crippen molar-refractivity contribution in [3.63, 3.8) is 0 Å². The molecule has 2 aromatic carbocycles. The van der Waals surface area contributed by atoms with Gasteiger partial charge in [-0.1, -0.05) is 12.1 Å². The molecule has 0 unspecified atom stereocenters. The van der Waals surface area contributed by atoms with Gasteiger partial charge in [0.2, 0.25) is 0 Å². The molecule has 0 saturated heterocycles. The van der Waals surface area contributed by atoms with E-state index in [1.165, 1.54) is 6.07 Å². The molecule has 0 atom stereocenters. The summed E-state index contributed by atoms with van der Waals surface area (Å²) in [6.07, 6.45) is 0. The standard InChI is InChI=1S/C17H17NO4/c1-2-22-15-8-6-13(7-9-15)16(19)18-11-12-4-3-5-14(10-12)17(20)21/h3-10H,2,11H2,1H3,(H,18,19)(H,20,21). The van der Waals surface area contributed by atoms with E-state index in [4.69, 9.17) is 9.84 Å². The van der Waals surface area contributed by atoms with Crippen LogP contribution in [0.1, 0.15) is 33.2 Å². The summed E-state index contributed by atoms with van der Waals surface area (Å²) in [6.45, 7) is 2.74. The Hall–Kier alpha value is -2.82. The van der Waals surface area contributed by atoms with E-state index >= 15 is 0 Å². The van der Waals surface area contributed by atoms with E-state index in [1.807, 2.05) is 6.92 Å². The first kappa shape index (κ1) is 15.6. The molecule has 0 aliphatic carbocycles. The largest absolute Gasteiger partial charge is 0.494 e. The van der Waals surface area contributed by atoms with Gasteiger partial charge in [0, 0.05) is 12.1 Å². The summed E-state index contributed by atoms with van der Waals surface area (Å²) in [6, 6.07) is 13.3. The third-order valence-electron chi connectivity index (χ3n) is 3.05. The molecular weight excluding hydrogens is 282 g/mol. The first-order valence-electron chi connectivity index (χ1n) is 6.93. The molecule has 0 spiro atoms. The molecule has 114 valence electrons. The van der Waals surface area contributed by atoms with Gasteiger partial charge in [0.15, 0.2) is 0 Å². The van der Waals surface area contributed by atoms with Crippen molar-refractivity contribution in [1.82, 2.24) is 5.32 Å². The van der Waals surface area contributed by atoms with Crippen molar-refractivity contribution >= 4 is 11.9 Å². The second-order valence-corrected chi connectivity index (χ2v) is 4.65. The van der Waals surface area contributed by atoms with Crippen LogP contribution in [-0.4, -0.2) is 23.6 Å². The summed E-state index contributed by atoms with van der Waals surface area (Å²) in [7, 11) is 0. The highest BCUT2D eigenvalue weighted by atomic mass is 16.5. The molecule has 22 heavy (non-hydrogen) atoms. The van der Waals surface area contributed by atoms with Crippen molar-refractivity contribution in [2.75, 3.05) is 6.61 Å². The molecule has 2 N–H and O–H groups in total. The molecule has 5 nitrogen and oxygen atoms in total. The van der Waals surface area contributed by atoms with Crippen LogP contribution in [0.2, 0.25) is 0 Å². The lowest BCUT2D eigenvalue weighted by Crippen LogP contribution is -2.22. The summed E-state index contributed by atoms with van der Waals surface area (Å²) < 4.78 is 5.32. The van der Waals surface area contributed by atoms with Crippen LogP contribution in [0.15, 0.2) is 48.5 Å². The Morgan fingerprint density at radius 3 is 2.45 bits per heavy atom. The Morgan fingerprint density at radius 1 is 1.09 bits per heavy atom. The molecule has 0 saturated carbocycles. The number of ether oxygens (including phenoxy) is 1. The molecule has 0 aliphatic heterocycles. The number of carboxylic acid groups (broad SMARTS) is 1. The Kier molecular flexibility index (Phi) is 5.14. The van der Waals surface area contributed by atoms with E-state index in [0.717, 1.165) is 5.56 Å². The molecule has 0 heterocycles. The summed E-state index contributed by atoms with van der Waals surface area (Å²) in [4.78, 5) is 22.9. The summed E-state index contributed by atoms with van der Waals surface area (Å²) >= 11 is 0. The van der Waals surface area contributed by atoms with Crippen LogP contribution in [0.3, 0.4) is 0 Å². The van der Waals surface area contributed by atoms with Gasteiger partial charge in [0.25, 0.3) is 5.91 Å². The highest BCUT2D eigenvalue weighted by Gasteiger charge is 2.07. The topological polar surface area (TPSA) is 75.6 Å². The number of carbonyl (C=O) groups excluding carboxylic acids is 1. The van der Waals surface area contributed by atoms with E-state index in [9.17, 15) is 9.59 Å². The zero-order valence-electron chi connectivity index (χ0n) is 12.2. The molecule has 0 aromatic heterocycles. The van der Waals surface area contributed by atoms with Crippen LogP contribution in [0.5, 0.6) is 5.75 Å². The fourth-order valence-corrected chi connectivity index (χ4v) is 1.97. The summed E-state index contributed by atoms with van der Waals surface area (Å²) in [5, 5.41) is 11.7. The average Bonchev–Trinajstić information content (AvgIpc) is 2.54. The monoisotopic (exact) mass is 299 g/mol. The van der Waals surface area contributed by atoms with Crippen LogP contribution >= 0.6 is 0 Å². The van der Waals surface area contributed by atoms with Crippen molar-refractivity contribution in [1.29, 1.82) is 0 Å². The minimum Gasteiger partial charge on any atom is -0.494 e. The van der Waals surface area contributed by atoms with Gasteiger partial charge >= 0.3 is 5.97 Å². The van der Waals surface area contributed by atoms with Gasteiger partial charge in [-0.05, 0) is 48.9 Å². The van der Waals surface area contributed by atoms with Gasteiger partial charge < -0.3 is 15.2 Å². The van der Waals surface area contributed by atoms with Gasteiger partial charge in [-0.25, -0.2) is 4.79 Å². The Morgan fingerprint density at radius 2 is 1.82 bits per heavy atom. The smallest absolute Gasteiger partial charge is 0.335 e. The number of hydrogen-bond acceptors (Lipinski definition) is 3. The van der Waals surface area contributed by atoms with Crippen molar-refractivity contribution in [3.05, 3.63) is 65.2 Å². The average molecular weight is 299 g/mol. The predicted octanol–water partition coefficient (Wildman–Crippen LogP) is 2.71. The second kappa shape index (κ2) is 7.26. The van der Waals surface area contributed by atoms with Crippen molar-refractivity contribution in [2.24, 2.45) is 0 Å². The SMILES string of the molecule is CCOc1ccc(C(=O)NCc2cccc(C(=O)O)c2)cc1. The maximum Gasteiger partial charge on any atom is 0.335 e. The quantitative estimate of drug-likeness (QED) is 0.860. The normalized spacial score (nSPS) is 10.0. The first-order chi connectivity index (χ1) is 10.6. The second-order valence-electron chi connectivity index (χ2n) is 4.65. The minimum atomic E-state index is -0.986. The molecule has 0 bridgehead atoms. The van der Waals surface area contributed by atoms with E-state index in [-0.39, 0.29) is 18.0 Å². The fourth-order valence-electron chi connectivity index (χ4n) is 1.97. The number of aromatic carboxylic acids is 1. The number of benzene rings is 2. The maximum atomic E-state index is 12.0. The fraction of sp³-hybridized carbons (Fsp3) is 0.176. The number of carbonyl (C=O) groups is 2. The van der Waals surface area contributed by atoms with Crippen LogP contribution < -0.4 is 10.1 Å². The van der Waals surface area contributed by atoms with E-state index in [1.54, 1.807) is 42.5 Å². The van der Waals surface area contributed by atoms with E-state index in [2.05, 4.69) is 5.32 Å². The van der Waals surface area contributed by atoms with Crippen molar-refractivity contribution in [2.45, 2.75) is 13.5 Å². The van der Waals surface area contributed by atoms with Crippen molar-refractivity contribution < 1.29 is 19.4 Å². The van der Waals surface area contributed by atoms with Crippen LogP contribution in [0, 0.1) is 0 Å². The van der Waals surface area contributed by atoms with Crippen molar-refractivity contribution in [3.8, 4) is 5.75 Å². The number of hydrogen-bond donors (Lipinski definition) is 2. The third kappa shape index (κ3) is 4.09. The summed E-state index contributed by atoms with van der Waals surface area (Å²) in [5.74, 6) is -0.489. The van der Waals surface area contributed by atoms with E-state index < -0.39 is 5.97 Å². The molecule has 5 heteroatoms. The molecule has 2 rings (SSSR count).